The minimum absolute atomic E-state index is 0.321. The molecular weight excluding hydrogens is 542 g/mol. The van der Waals surface area contributed by atoms with E-state index in [1.165, 1.54) is 44.4 Å². The second kappa shape index (κ2) is 12.4. The van der Waals surface area contributed by atoms with Crippen LogP contribution in [0.5, 0.6) is 0 Å². The molecule has 0 bridgehead atoms. The number of likely N-dealkylation sites (N-methyl/N-ethyl adjacent to an activating group) is 1. The molecule has 2 aromatic carbocycles. The predicted molar refractivity (Wildman–Crippen MR) is 170 cm³/mol. The van der Waals surface area contributed by atoms with Crippen LogP contribution in [0.4, 0.5) is 17.2 Å². The number of rotatable bonds is 5. The summed E-state index contributed by atoms with van der Waals surface area (Å²) in [6.45, 7) is 5.77. The van der Waals surface area contributed by atoms with E-state index in [0.717, 1.165) is 58.9 Å². The van der Waals surface area contributed by atoms with Crippen molar-refractivity contribution in [1.82, 2.24) is 34.5 Å². The quantitative estimate of drug-likeness (QED) is 0.222. The first-order chi connectivity index (χ1) is 20.9. The minimum atomic E-state index is -0.833. The molecule has 2 aliphatic rings. The number of hydrogen-bond donors (Lipinski definition) is 4. The highest BCUT2D eigenvalue weighted by Crippen LogP contribution is 2.37. The van der Waals surface area contributed by atoms with Crippen LogP contribution in [0.2, 0.25) is 0 Å². The highest BCUT2D eigenvalue weighted by atomic mass is 16.4. The van der Waals surface area contributed by atoms with E-state index in [4.69, 9.17) is 20.7 Å². The van der Waals surface area contributed by atoms with Gasteiger partial charge in [-0.3, -0.25) is 9.69 Å². The van der Waals surface area contributed by atoms with E-state index in [-0.39, 0.29) is 0 Å². The largest absolute Gasteiger partial charge is 0.481 e. The van der Waals surface area contributed by atoms with Crippen molar-refractivity contribution in [2.45, 2.75) is 44.7 Å². The molecule has 1 aliphatic heterocycles. The number of nitrogen functional groups attached to an aromatic ring is 1. The fourth-order valence-corrected chi connectivity index (χ4v) is 6.35. The van der Waals surface area contributed by atoms with E-state index in [1.807, 2.05) is 12.3 Å². The first-order valence-corrected chi connectivity index (χ1v) is 14.9. The van der Waals surface area contributed by atoms with Crippen molar-refractivity contribution in [2.75, 3.05) is 44.3 Å². The smallest absolute Gasteiger partial charge is 0.300 e. The van der Waals surface area contributed by atoms with Gasteiger partial charge in [0.25, 0.3) is 5.97 Å². The molecule has 2 fully saturated rings. The van der Waals surface area contributed by atoms with Crippen molar-refractivity contribution in [3.63, 3.8) is 0 Å². The average molecular weight is 582 g/mol. The number of nitrogens with one attached hydrogen (secondary N) is 2. The number of para-hydroxylation sites is 1. The first kappa shape index (κ1) is 28.6. The summed E-state index contributed by atoms with van der Waals surface area (Å²) in [6.07, 6.45) is 8.16. The number of nitrogens with zero attached hydrogens (tertiary/aromatic N) is 6. The van der Waals surface area contributed by atoms with Crippen LogP contribution in [0.15, 0.2) is 61.1 Å². The van der Waals surface area contributed by atoms with Crippen LogP contribution in [0.1, 0.15) is 38.6 Å². The molecule has 0 unspecified atom stereocenters. The van der Waals surface area contributed by atoms with Gasteiger partial charge in [0.1, 0.15) is 17.8 Å². The lowest BCUT2D eigenvalue weighted by molar-refractivity contribution is -0.134. The second-order valence-corrected chi connectivity index (χ2v) is 11.5. The zero-order chi connectivity index (χ0) is 29.9. The zero-order valence-electron chi connectivity index (χ0n) is 24.7. The van der Waals surface area contributed by atoms with Crippen LogP contribution < -0.4 is 11.1 Å². The molecule has 4 heterocycles. The fourth-order valence-electron chi connectivity index (χ4n) is 6.35. The number of carboxylic acid groups (broad SMARTS) is 1. The van der Waals surface area contributed by atoms with E-state index in [9.17, 15) is 0 Å². The summed E-state index contributed by atoms with van der Waals surface area (Å²) in [5, 5.41) is 18.1. The van der Waals surface area contributed by atoms with Gasteiger partial charge in [-0.25, -0.2) is 14.6 Å². The zero-order valence-corrected chi connectivity index (χ0v) is 24.7. The molecule has 1 saturated heterocycles. The molecule has 0 amide bonds. The number of aromatic amines is 1. The Morgan fingerprint density at radius 2 is 1.65 bits per heavy atom. The number of piperazine rings is 1. The third kappa shape index (κ3) is 6.18. The molecule has 5 N–H and O–H groups in total. The number of H-pyrrole nitrogens is 1. The molecule has 43 heavy (non-hydrogen) atoms. The standard InChI is InChI=1S/C30H35N9.C2H4O2/c1-37-14-16-38(17-15-37)22-10-12-23(13-11-22)39-30-27(29(31)33-19-34-30)28(36-39)20-6-8-21(9-7-20)35-26-18-32-25-5-3-2-4-24(25)26;1-2(3)4/h2-9,18-19,22-23,32,35H,10-17H2,1H3,(H2,31,33,34);1H3,(H,3,4). The summed E-state index contributed by atoms with van der Waals surface area (Å²) in [7, 11) is 2.22. The van der Waals surface area contributed by atoms with Crippen LogP contribution in [0, 0.1) is 0 Å². The van der Waals surface area contributed by atoms with Crippen LogP contribution in [0.25, 0.3) is 33.2 Å². The van der Waals surface area contributed by atoms with Gasteiger partial charge in [-0.05, 0) is 50.9 Å². The molecular formula is C32H39N9O2. The fraction of sp³-hybridized carbons (Fsp3) is 0.375. The number of nitrogens with two attached hydrogens (primary N) is 1. The number of fused-ring (bicyclic) bond motifs is 2. The summed E-state index contributed by atoms with van der Waals surface area (Å²) < 4.78 is 2.13. The van der Waals surface area contributed by atoms with Crippen molar-refractivity contribution < 1.29 is 9.90 Å². The van der Waals surface area contributed by atoms with Crippen LogP contribution in [0.3, 0.4) is 0 Å². The Morgan fingerprint density at radius 1 is 0.977 bits per heavy atom. The summed E-state index contributed by atoms with van der Waals surface area (Å²) in [4.78, 5) is 26.4. The minimum Gasteiger partial charge on any atom is -0.481 e. The topological polar surface area (TPSA) is 141 Å². The van der Waals surface area contributed by atoms with Crippen LogP contribution in [-0.4, -0.2) is 84.9 Å². The Hall–Kier alpha value is -4.48. The predicted octanol–water partition coefficient (Wildman–Crippen LogP) is 5.12. The summed E-state index contributed by atoms with van der Waals surface area (Å²) in [6, 6.07) is 17.6. The van der Waals surface area contributed by atoms with Gasteiger partial charge in [0.05, 0.1) is 17.1 Å². The lowest BCUT2D eigenvalue weighted by Crippen LogP contribution is -2.49. The van der Waals surface area contributed by atoms with Gasteiger partial charge in [0.2, 0.25) is 0 Å². The third-order valence-electron chi connectivity index (χ3n) is 8.61. The molecule has 0 spiro atoms. The highest BCUT2D eigenvalue weighted by Gasteiger charge is 2.30. The maximum atomic E-state index is 9.00. The molecule has 224 valence electrons. The molecule has 11 nitrogen and oxygen atoms in total. The van der Waals surface area contributed by atoms with Crippen molar-refractivity contribution in [1.29, 1.82) is 0 Å². The molecule has 3 aromatic heterocycles. The van der Waals surface area contributed by atoms with Crippen molar-refractivity contribution in [3.8, 4) is 11.3 Å². The summed E-state index contributed by atoms with van der Waals surface area (Å²) >= 11 is 0. The molecule has 5 aromatic rings. The van der Waals surface area contributed by atoms with E-state index < -0.39 is 5.97 Å². The lowest BCUT2D eigenvalue weighted by atomic mass is 9.90. The second-order valence-electron chi connectivity index (χ2n) is 11.5. The average Bonchev–Trinajstić information content (AvgIpc) is 3.61. The van der Waals surface area contributed by atoms with E-state index in [2.05, 4.69) is 84.3 Å². The number of carbonyl (C=O) groups is 1. The number of hydrogen-bond acceptors (Lipinski definition) is 8. The first-order valence-electron chi connectivity index (χ1n) is 14.9. The van der Waals surface area contributed by atoms with Crippen LogP contribution in [-0.2, 0) is 4.79 Å². The Kier molecular flexibility index (Phi) is 8.26. The maximum absolute atomic E-state index is 9.00. The summed E-state index contributed by atoms with van der Waals surface area (Å²) in [5.74, 6) is -0.353. The Morgan fingerprint density at radius 3 is 2.37 bits per heavy atom. The van der Waals surface area contributed by atoms with Crippen molar-refractivity contribution >= 4 is 45.1 Å². The van der Waals surface area contributed by atoms with Gasteiger partial charge in [-0.15, -0.1) is 0 Å². The molecule has 1 aliphatic carbocycles. The molecule has 1 saturated carbocycles. The number of anilines is 3. The van der Waals surface area contributed by atoms with Crippen molar-refractivity contribution in [3.05, 3.63) is 61.1 Å². The Balaban J connectivity index is 0.000000777. The third-order valence-corrected chi connectivity index (χ3v) is 8.61. The van der Waals surface area contributed by atoms with Crippen molar-refractivity contribution in [2.24, 2.45) is 0 Å². The van der Waals surface area contributed by atoms with E-state index in [0.29, 0.717) is 17.9 Å². The monoisotopic (exact) mass is 581 g/mol. The van der Waals surface area contributed by atoms with Gasteiger partial charge < -0.3 is 26.0 Å². The van der Waals surface area contributed by atoms with Gasteiger partial charge in [-0.2, -0.15) is 5.10 Å². The van der Waals surface area contributed by atoms with E-state index in [1.54, 1.807) is 6.33 Å². The van der Waals surface area contributed by atoms with Gasteiger partial charge >= 0.3 is 0 Å². The lowest BCUT2D eigenvalue weighted by Gasteiger charge is -2.41. The van der Waals surface area contributed by atoms with Crippen LogP contribution >= 0.6 is 0 Å². The molecule has 0 atom stereocenters. The SMILES string of the molecule is CC(=O)O.CN1CCN(C2CCC(n3nc(-c4ccc(Nc5c[nH]c6ccccc56)cc4)c4c(N)ncnc43)CC2)CC1. The Labute approximate surface area is 250 Å². The normalized spacial score (nSPS) is 19.7. The highest BCUT2D eigenvalue weighted by molar-refractivity contribution is 5.98. The van der Waals surface area contributed by atoms with Gasteiger partial charge in [0, 0.05) is 67.5 Å². The number of aliphatic carboxylic acids is 1. The molecule has 11 heteroatoms. The maximum Gasteiger partial charge on any atom is 0.300 e. The number of benzene rings is 2. The Bertz CT molecular complexity index is 1690. The van der Waals surface area contributed by atoms with Gasteiger partial charge in [0.15, 0.2) is 5.65 Å². The van der Waals surface area contributed by atoms with Gasteiger partial charge in [-0.1, -0.05) is 30.3 Å². The van der Waals surface area contributed by atoms with E-state index >= 15 is 0 Å². The number of carboxylic acids is 1. The molecule has 7 rings (SSSR count). The molecule has 0 radical (unpaired) electrons. The number of aromatic nitrogens is 5. The summed E-state index contributed by atoms with van der Waals surface area (Å²) in [5.41, 5.74) is 12.3.